The minimum atomic E-state index is -0.682. The maximum Gasteiger partial charge on any atom is 0.231 e. The molecule has 1 rings (SSSR count). The first-order valence-corrected chi connectivity index (χ1v) is 6.56. The Morgan fingerprint density at radius 2 is 1.79 bits per heavy atom. The number of alkyl halides is 1. The highest BCUT2D eigenvalue weighted by Crippen LogP contribution is 2.36. The van der Waals surface area contributed by atoms with Crippen molar-refractivity contribution >= 4 is 34.8 Å². The molecule has 1 amide bonds. The van der Waals surface area contributed by atoms with Crippen LogP contribution in [0, 0.1) is 5.41 Å². The summed E-state index contributed by atoms with van der Waals surface area (Å²) in [6.45, 7) is 3.51. The number of benzene rings is 1. The molecule has 0 aliphatic carbocycles. The Bertz CT molecular complexity index is 475. The van der Waals surface area contributed by atoms with Gasteiger partial charge in [0.05, 0.1) is 30.3 Å². The summed E-state index contributed by atoms with van der Waals surface area (Å²) in [5, 5.41) is 3.11. The van der Waals surface area contributed by atoms with Crippen LogP contribution in [0.3, 0.4) is 0 Å². The SMILES string of the molecule is COc1cc(Cl)c(NC(=O)C(C)(C)CCl)cc1OC. The number of hydrogen-bond donors (Lipinski definition) is 1. The fourth-order valence-electron chi connectivity index (χ4n) is 1.30. The van der Waals surface area contributed by atoms with E-state index >= 15 is 0 Å². The van der Waals surface area contributed by atoms with Crippen LogP contribution in [0.5, 0.6) is 11.5 Å². The molecule has 0 saturated heterocycles. The third kappa shape index (κ3) is 3.67. The van der Waals surface area contributed by atoms with Gasteiger partial charge in [0.2, 0.25) is 5.91 Å². The van der Waals surface area contributed by atoms with Crippen molar-refractivity contribution < 1.29 is 14.3 Å². The van der Waals surface area contributed by atoms with Crippen LogP contribution >= 0.6 is 23.2 Å². The molecule has 0 fully saturated rings. The summed E-state index contributed by atoms with van der Waals surface area (Å²) in [4.78, 5) is 12.0. The van der Waals surface area contributed by atoms with E-state index < -0.39 is 5.41 Å². The van der Waals surface area contributed by atoms with Crippen LogP contribution in [0.4, 0.5) is 5.69 Å². The molecular formula is C13H17Cl2NO3. The van der Waals surface area contributed by atoms with Crippen molar-refractivity contribution in [1.82, 2.24) is 0 Å². The van der Waals surface area contributed by atoms with Gasteiger partial charge < -0.3 is 14.8 Å². The van der Waals surface area contributed by atoms with E-state index in [-0.39, 0.29) is 11.8 Å². The molecule has 106 valence electrons. The van der Waals surface area contributed by atoms with Gasteiger partial charge in [-0.2, -0.15) is 0 Å². The second-order valence-corrected chi connectivity index (χ2v) is 5.33. The normalized spacial score (nSPS) is 11.1. The highest BCUT2D eigenvalue weighted by molar-refractivity contribution is 6.34. The molecule has 6 heteroatoms. The number of hydrogen-bond acceptors (Lipinski definition) is 3. The van der Waals surface area contributed by atoms with E-state index in [1.807, 2.05) is 0 Å². The van der Waals surface area contributed by atoms with Crippen molar-refractivity contribution in [3.63, 3.8) is 0 Å². The molecule has 0 saturated carbocycles. The smallest absolute Gasteiger partial charge is 0.231 e. The van der Waals surface area contributed by atoms with E-state index in [2.05, 4.69) is 5.32 Å². The molecule has 0 heterocycles. The second-order valence-electron chi connectivity index (χ2n) is 4.66. The number of halogens is 2. The minimum Gasteiger partial charge on any atom is -0.493 e. The van der Waals surface area contributed by atoms with Crippen molar-refractivity contribution in [3.8, 4) is 11.5 Å². The lowest BCUT2D eigenvalue weighted by atomic mass is 9.95. The molecule has 0 aliphatic rings. The second kappa shape index (κ2) is 6.35. The van der Waals surface area contributed by atoms with Gasteiger partial charge in [0.25, 0.3) is 0 Å². The lowest BCUT2D eigenvalue weighted by Gasteiger charge is -2.21. The Kier molecular flexibility index (Phi) is 5.32. The van der Waals surface area contributed by atoms with Gasteiger partial charge >= 0.3 is 0 Å². The molecule has 0 aromatic heterocycles. The number of rotatable bonds is 5. The molecule has 1 N–H and O–H groups in total. The van der Waals surface area contributed by atoms with E-state index in [1.54, 1.807) is 26.0 Å². The Morgan fingerprint density at radius 1 is 1.26 bits per heavy atom. The van der Waals surface area contributed by atoms with Crippen LogP contribution in [0.25, 0.3) is 0 Å². The summed E-state index contributed by atoms with van der Waals surface area (Å²) in [5.74, 6) is 0.994. The Balaban J connectivity index is 3.05. The number of nitrogens with one attached hydrogen (secondary N) is 1. The van der Waals surface area contributed by atoms with Crippen LogP contribution in [0.1, 0.15) is 13.8 Å². The Hall–Kier alpha value is -1.13. The number of anilines is 1. The van der Waals surface area contributed by atoms with Gasteiger partial charge in [-0.3, -0.25) is 4.79 Å². The maximum absolute atomic E-state index is 12.0. The summed E-state index contributed by atoms with van der Waals surface area (Å²) < 4.78 is 10.3. The third-order valence-electron chi connectivity index (χ3n) is 2.67. The molecule has 0 radical (unpaired) electrons. The average Bonchev–Trinajstić information content (AvgIpc) is 2.40. The Morgan fingerprint density at radius 3 is 2.26 bits per heavy atom. The molecule has 1 aromatic rings. The predicted octanol–water partition coefficient (Wildman–Crippen LogP) is 3.56. The van der Waals surface area contributed by atoms with E-state index in [9.17, 15) is 4.79 Å². The van der Waals surface area contributed by atoms with Gasteiger partial charge in [0.1, 0.15) is 0 Å². The molecule has 0 spiro atoms. The highest BCUT2D eigenvalue weighted by atomic mass is 35.5. The number of carbonyl (C=O) groups excluding carboxylic acids is 1. The standard InChI is InChI=1S/C13H17Cl2NO3/c1-13(2,7-14)12(17)16-9-6-11(19-4)10(18-3)5-8(9)15/h5-6H,7H2,1-4H3,(H,16,17). The molecule has 0 unspecified atom stereocenters. The lowest BCUT2D eigenvalue weighted by molar-refractivity contribution is -0.122. The fraction of sp³-hybridized carbons (Fsp3) is 0.462. The molecule has 1 aromatic carbocycles. The zero-order valence-electron chi connectivity index (χ0n) is 11.3. The van der Waals surface area contributed by atoms with Gasteiger partial charge in [-0.1, -0.05) is 11.6 Å². The fourth-order valence-corrected chi connectivity index (χ4v) is 1.62. The summed E-state index contributed by atoms with van der Waals surface area (Å²) in [6, 6.07) is 3.20. The number of ether oxygens (including phenoxy) is 2. The largest absolute Gasteiger partial charge is 0.493 e. The van der Waals surface area contributed by atoms with Crippen LogP contribution in [-0.4, -0.2) is 26.0 Å². The highest BCUT2D eigenvalue weighted by Gasteiger charge is 2.27. The third-order valence-corrected chi connectivity index (χ3v) is 3.65. The monoisotopic (exact) mass is 305 g/mol. The van der Waals surface area contributed by atoms with Crippen molar-refractivity contribution in [2.24, 2.45) is 5.41 Å². The van der Waals surface area contributed by atoms with Crippen molar-refractivity contribution in [1.29, 1.82) is 0 Å². The summed E-state index contributed by atoms with van der Waals surface area (Å²) in [6.07, 6.45) is 0. The van der Waals surface area contributed by atoms with E-state index in [0.717, 1.165) is 0 Å². The minimum absolute atomic E-state index is 0.211. The van der Waals surface area contributed by atoms with E-state index in [1.165, 1.54) is 14.2 Å². The van der Waals surface area contributed by atoms with Gasteiger partial charge in [-0.15, -0.1) is 11.6 Å². The first-order valence-electron chi connectivity index (χ1n) is 5.64. The topological polar surface area (TPSA) is 47.6 Å². The Labute approximate surface area is 123 Å². The van der Waals surface area contributed by atoms with Crippen LogP contribution in [0.15, 0.2) is 12.1 Å². The van der Waals surface area contributed by atoms with Gasteiger partial charge in [-0.05, 0) is 13.8 Å². The first-order chi connectivity index (χ1) is 8.85. The van der Waals surface area contributed by atoms with Gasteiger partial charge in [-0.25, -0.2) is 0 Å². The maximum atomic E-state index is 12.0. The molecule has 0 aliphatic heterocycles. The first kappa shape index (κ1) is 15.9. The predicted molar refractivity (Wildman–Crippen MR) is 77.7 cm³/mol. The van der Waals surface area contributed by atoms with Crippen LogP contribution < -0.4 is 14.8 Å². The van der Waals surface area contributed by atoms with E-state index in [0.29, 0.717) is 22.2 Å². The summed E-state index contributed by atoms with van der Waals surface area (Å²) in [5.41, 5.74) is -0.222. The van der Waals surface area contributed by atoms with Gasteiger partial charge in [0.15, 0.2) is 11.5 Å². The number of carbonyl (C=O) groups is 1. The van der Waals surface area contributed by atoms with Gasteiger partial charge in [0, 0.05) is 18.0 Å². The van der Waals surface area contributed by atoms with Crippen LogP contribution in [0.2, 0.25) is 5.02 Å². The molecule has 0 bridgehead atoms. The van der Waals surface area contributed by atoms with Crippen molar-refractivity contribution in [2.45, 2.75) is 13.8 Å². The zero-order valence-corrected chi connectivity index (χ0v) is 12.9. The zero-order chi connectivity index (χ0) is 14.6. The molecular weight excluding hydrogens is 289 g/mol. The van der Waals surface area contributed by atoms with E-state index in [4.69, 9.17) is 32.7 Å². The average molecular weight is 306 g/mol. The van der Waals surface area contributed by atoms with Crippen molar-refractivity contribution in [3.05, 3.63) is 17.2 Å². The molecule has 4 nitrogen and oxygen atoms in total. The quantitative estimate of drug-likeness (QED) is 0.846. The van der Waals surface area contributed by atoms with Crippen molar-refractivity contribution in [2.75, 3.05) is 25.4 Å². The number of amides is 1. The lowest BCUT2D eigenvalue weighted by Crippen LogP contribution is -2.32. The summed E-state index contributed by atoms with van der Waals surface area (Å²) >= 11 is 11.9. The number of methoxy groups -OCH3 is 2. The summed E-state index contributed by atoms with van der Waals surface area (Å²) in [7, 11) is 3.03. The van der Waals surface area contributed by atoms with Crippen LogP contribution in [-0.2, 0) is 4.79 Å². The molecule has 19 heavy (non-hydrogen) atoms. The molecule has 0 atom stereocenters.